The second-order valence-electron chi connectivity index (χ2n) is 4.63. The number of nitrogens with one attached hydrogen (secondary N) is 1. The molecule has 0 unspecified atom stereocenters. The van der Waals surface area contributed by atoms with Gasteiger partial charge in [0.2, 0.25) is 0 Å². The van der Waals surface area contributed by atoms with E-state index in [9.17, 15) is 9.59 Å². The highest BCUT2D eigenvalue weighted by molar-refractivity contribution is 5.87. The highest BCUT2D eigenvalue weighted by Gasteiger charge is 2.14. The van der Waals surface area contributed by atoms with Crippen LogP contribution >= 0.6 is 0 Å². The molecule has 6 heteroatoms. The number of para-hydroxylation sites is 2. The normalized spacial score (nSPS) is 10.8. The molecule has 0 atom stereocenters. The Kier molecular flexibility index (Phi) is 3.06. The second kappa shape index (κ2) is 4.90. The van der Waals surface area contributed by atoms with E-state index in [-0.39, 0.29) is 11.4 Å². The lowest BCUT2D eigenvalue weighted by atomic mass is 10.2. The molecular weight excluding hydrogens is 270 g/mol. The Hall–Kier alpha value is -2.89. The fourth-order valence-electron chi connectivity index (χ4n) is 2.29. The number of carbonyl (C=O) groups excluding carboxylic acids is 1. The second-order valence-corrected chi connectivity index (χ2v) is 4.63. The van der Waals surface area contributed by atoms with Gasteiger partial charge in [0.1, 0.15) is 5.69 Å². The van der Waals surface area contributed by atoms with E-state index in [0.29, 0.717) is 5.69 Å². The Balaban J connectivity index is 2.22. The zero-order valence-corrected chi connectivity index (χ0v) is 11.6. The third-order valence-corrected chi connectivity index (χ3v) is 3.31. The molecule has 0 amide bonds. The summed E-state index contributed by atoms with van der Waals surface area (Å²) in [6.07, 6.45) is 1.50. The van der Waals surface area contributed by atoms with Crippen molar-refractivity contribution in [1.29, 1.82) is 0 Å². The molecule has 1 N–H and O–H groups in total. The van der Waals surface area contributed by atoms with Gasteiger partial charge in [-0.05, 0) is 30.7 Å². The first-order valence-electron chi connectivity index (χ1n) is 6.37. The molecule has 2 aromatic heterocycles. The van der Waals surface area contributed by atoms with E-state index in [1.807, 2.05) is 31.2 Å². The summed E-state index contributed by atoms with van der Waals surface area (Å²) in [7, 11) is 1.30. The van der Waals surface area contributed by atoms with Crippen molar-refractivity contribution < 1.29 is 9.53 Å². The topological polar surface area (TPSA) is 77.0 Å². The van der Waals surface area contributed by atoms with Crippen LogP contribution in [0.25, 0.3) is 16.7 Å². The molecule has 0 fully saturated rings. The number of H-pyrrole nitrogens is 1. The van der Waals surface area contributed by atoms with Gasteiger partial charge in [0.15, 0.2) is 0 Å². The third kappa shape index (κ3) is 2.10. The number of hydrogen-bond donors (Lipinski definition) is 1. The van der Waals surface area contributed by atoms with Crippen LogP contribution in [0.15, 0.2) is 41.3 Å². The van der Waals surface area contributed by atoms with Crippen molar-refractivity contribution in [2.24, 2.45) is 0 Å². The van der Waals surface area contributed by atoms with Crippen LogP contribution in [0.4, 0.5) is 0 Å². The van der Waals surface area contributed by atoms with Gasteiger partial charge < -0.3 is 9.72 Å². The van der Waals surface area contributed by atoms with Crippen LogP contribution in [0.2, 0.25) is 0 Å². The molecule has 106 valence electrons. The molecule has 0 aliphatic carbocycles. The number of esters is 1. The fourth-order valence-corrected chi connectivity index (χ4v) is 2.29. The molecule has 0 bridgehead atoms. The molecule has 0 saturated heterocycles. The average molecular weight is 283 g/mol. The van der Waals surface area contributed by atoms with E-state index < -0.39 is 5.97 Å². The van der Waals surface area contributed by atoms with Gasteiger partial charge in [-0.3, -0.25) is 4.57 Å². The number of rotatable bonds is 2. The molecule has 3 aromatic rings. The van der Waals surface area contributed by atoms with E-state index in [1.165, 1.54) is 13.3 Å². The lowest BCUT2D eigenvalue weighted by molar-refractivity contribution is 0.0594. The first-order valence-corrected chi connectivity index (χ1v) is 6.37. The third-order valence-electron chi connectivity index (χ3n) is 3.31. The molecule has 6 nitrogen and oxygen atoms in total. The van der Waals surface area contributed by atoms with Gasteiger partial charge in [0.05, 0.1) is 30.0 Å². The number of methoxy groups -OCH3 is 1. The quantitative estimate of drug-likeness (QED) is 0.728. The van der Waals surface area contributed by atoms with Crippen molar-refractivity contribution in [3.8, 4) is 5.69 Å². The highest BCUT2D eigenvalue weighted by atomic mass is 16.5. The number of benzene rings is 1. The molecule has 0 aliphatic heterocycles. The smallest absolute Gasteiger partial charge is 0.356 e. The molecule has 2 heterocycles. The molecular formula is C15H13N3O3. The Labute approximate surface area is 120 Å². The summed E-state index contributed by atoms with van der Waals surface area (Å²) in [4.78, 5) is 30.5. The van der Waals surface area contributed by atoms with Crippen LogP contribution in [0.5, 0.6) is 0 Å². The Bertz CT molecular complexity index is 893. The lowest BCUT2D eigenvalue weighted by Crippen LogP contribution is -2.16. The number of ether oxygens (including phenoxy) is 1. The van der Waals surface area contributed by atoms with Crippen LogP contribution in [0.1, 0.15) is 16.1 Å². The van der Waals surface area contributed by atoms with Gasteiger partial charge in [0, 0.05) is 0 Å². The molecule has 0 radical (unpaired) electrons. The summed E-state index contributed by atoms with van der Waals surface area (Å²) >= 11 is 0. The first kappa shape index (κ1) is 13.1. The van der Waals surface area contributed by atoms with Crippen molar-refractivity contribution in [2.75, 3.05) is 7.11 Å². The number of hydrogen-bond acceptors (Lipinski definition) is 4. The molecule has 1 aromatic carbocycles. The minimum Gasteiger partial charge on any atom is -0.464 e. The predicted octanol–water partition coefficient (Wildman–Crippen LogP) is 1.81. The van der Waals surface area contributed by atoms with Gasteiger partial charge in [0.25, 0.3) is 0 Å². The van der Waals surface area contributed by atoms with Gasteiger partial charge in [-0.25, -0.2) is 14.6 Å². The van der Waals surface area contributed by atoms with Crippen molar-refractivity contribution in [1.82, 2.24) is 14.5 Å². The van der Waals surface area contributed by atoms with E-state index in [4.69, 9.17) is 0 Å². The van der Waals surface area contributed by atoms with Crippen molar-refractivity contribution >= 4 is 17.0 Å². The molecule has 0 spiro atoms. The summed E-state index contributed by atoms with van der Waals surface area (Å²) in [6.45, 7) is 1.82. The summed E-state index contributed by atoms with van der Waals surface area (Å²) in [5.41, 5.74) is 2.87. The van der Waals surface area contributed by atoms with E-state index in [1.54, 1.807) is 10.6 Å². The number of nitrogens with zero attached hydrogens (tertiary/aromatic N) is 2. The maximum atomic E-state index is 12.2. The number of imidazole rings is 1. The van der Waals surface area contributed by atoms with Gasteiger partial charge >= 0.3 is 11.7 Å². The number of aromatic nitrogens is 3. The highest BCUT2D eigenvalue weighted by Crippen LogP contribution is 2.18. The van der Waals surface area contributed by atoms with Gasteiger partial charge in [-0.2, -0.15) is 0 Å². The first-order chi connectivity index (χ1) is 10.1. The fraction of sp³-hybridized carbons (Fsp3) is 0.133. The van der Waals surface area contributed by atoms with E-state index in [2.05, 4.69) is 14.7 Å². The number of pyridine rings is 1. The van der Waals surface area contributed by atoms with E-state index in [0.717, 1.165) is 16.6 Å². The Morgan fingerprint density at radius 3 is 2.81 bits per heavy atom. The summed E-state index contributed by atoms with van der Waals surface area (Å²) in [6, 6.07) is 9.00. The van der Waals surface area contributed by atoms with Crippen LogP contribution in [0, 0.1) is 6.92 Å². The summed E-state index contributed by atoms with van der Waals surface area (Å²) in [5, 5.41) is 0. The van der Waals surface area contributed by atoms with Crippen LogP contribution in [-0.2, 0) is 4.74 Å². The van der Waals surface area contributed by atoms with Crippen molar-refractivity contribution in [2.45, 2.75) is 6.92 Å². The zero-order valence-electron chi connectivity index (χ0n) is 11.6. The Morgan fingerprint density at radius 1 is 1.33 bits per heavy atom. The van der Waals surface area contributed by atoms with Crippen molar-refractivity contribution in [3.05, 3.63) is 58.3 Å². The maximum absolute atomic E-state index is 12.2. The minimum absolute atomic E-state index is 0.214. The number of carbonyl (C=O) groups is 1. The predicted molar refractivity (Wildman–Crippen MR) is 77.8 cm³/mol. The maximum Gasteiger partial charge on any atom is 0.356 e. The monoisotopic (exact) mass is 283 g/mol. The molecule has 3 rings (SSSR count). The van der Waals surface area contributed by atoms with Gasteiger partial charge in [-0.1, -0.05) is 12.1 Å². The number of aromatic amines is 1. The molecule has 21 heavy (non-hydrogen) atoms. The van der Waals surface area contributed by atoms with Crippen LogP contribution < -0.4 is 5.69 Å². The largest absolute Gasteiger partial charge is 0.464 e. The average Bonchev–Trinajstić information content (AvgIpc) is 2.82. The van der Waals surface area contributed by atoms with E-state index >= 15 is 0 Å². The summed E-state index contributed by atoms with van der Waals surface area (Å²) in [5.74, 6) is -0.504. The standard InChI is InChI=1S/C15H13N3O3/c1-9-7-11(14(19)21-2)16-8-13(9)18-12-6-4-3-5-10(12)17-15(18)20/h3-8H,1-2H3,(H,17,20). The molecule has 0 aliphatic rings. The zero-order chi connectivity index (χ0) is 15.0. The van der Waals surface area contributed by atoms with Crippen LogP contribution in [-0.4, -0.2) is 27.6 Å². The number of aryl methyl sites for hydroxylation is 1. The van der Waals surface area contributed by atoms with Crippen LogP contribution in [0.3, 0.4) is 0 Å². The Morgan fingerprint density at radius 2 is 2.10 bits per heavy atom. The van der Waals surface area contributed by atoms with Gasteiger partial charge in [-0.15, -0.1) is 0 Å². The SMILES string of the molecule is COC(=O)c1cc(C)c(-n2c(=O)[nH]c3ccccc32)cn1. The summed E-state index contributed by atoms with van der Waals surface area (Å²) < 4.78 is 6.18. The van der Waals surface area contributed by atoms with Crippen molar-refractivity contribution in [3.63, 3.8) is 0 Å². The number of fused-ring (bicyclic) bond motifs is 1. The lowest BCUT2D eigenvalue weighted by Gasteiger charge is -2.08. The molecule has 0 saturated carbocycles. The minimum atomic E-state index is -0.504.